The highest BCUT2D eigenvalue weighted by atomic mass is 31.2. The summed E-state index contributed by atoms with van der Waals surface area (Å²) in [5.41, 5.74) is 5.11. The van der Waals surface area contributed by atoms with Crippen molar-refractivity contribution in [1.29, 1.82) is 0 Å². The first-order valence-corrected chi connectivity index (χ1v) is 8.00. The van der Waals surface area contributed by atoms with Crippen LogP contribution in [0.4, 0.5) is 0 Å². The molecule has 0 saturated heterocycles. The van der Waals surface area contributed by atoms with Crippen molar-refractivity contribution >= 4 is 25.7 Å². The number of phosphoric acid groups is 1. The van der Waals surface area contributed by atoms with E-state index in [1.807, 2.05) is 0 Å². The molecule has 0 fully saturated rings. The molecule has 11 nitrogen and oxygen atoms in total. The molecule has 0 bridgehead atoms. The van der Waals surface area contributed by atoms with Crippen molar-refractivity contribution in [3.63, 3.8) is 0 Å². The molecule has 0 aliphatic rings. The van der Waals surface area contributed by atoms with Gasteiger partial charge in [0.15, 0.2) is 6.10 Å². The first-order valence-electron chi connectivity index (χ1n) is 6.50. The van der Waals surface area contributed by atoms with Crippen LogP contribution in [0.5, 0.6) is 0 Å². The van der Waals surface area contributed by atoms with E-state index >= 15 is 0 Å². The van der Waals surface area contributed by atoms with E-state index in [1.54, 1.807) is 0 Å². The Morgan fingerprint density at radius 3 is 2.22 bits per heavy atom. The lowest BCUT2D eigenvalue weighted by Crippen LogP contribution is -2.34. The van der Waals surface area contributed by atoms with Crippen LogP contribution in [0.2, 0.25) is 0 Å². The van der Waals surface area contributed by atoms with Crippen LogP contribution in [0.3, 0.4) is 0 Å². The predicted octanol–water partition coefficient (Wildman–Crippen LogP) is -0.583. The van der Waals surface area contributed by atoms with Gasteiger partial charge in [0.25, 0.3) is 0 Å². The summed E-state index contributed by atoms with van der Waals surface area (Å²) in [6, 6.07) is -1.51. The number of esters is 2. The summed E-state index contributed by atoms with van der Waals surface area (Å²) in [4.78, 5) is 41.8. The maximum atomic E-state index is 11.6. The Bertz CT molecular complexity index is 468. The average molecular weight is 357 g/mol. The van der Waals surface area contributed by atoms with Crippen molar-refractivity contribution in [1.82, 2.24) is 0 Å². The zero-order valence-electron chi connectivity index (χ0n) is 12.7. The summed E-state index contributed by atoms with van der Waals surface area (Å²) in [5, 5.41) is 8.52. The molecule has 0 aromatic heterocycles. The SMILES string of the molecule is CCC(=O)OC(COC(C)=O)COP(=O)(O)OCC(N)C(=O)O. The van der Waals surface area contributed by atoms with E-state index < -0.39 is 51.1 Å². The molecule has 0 aliphatic heterocycles. The Labute approximate surface area is 132 Å². The number of carboxylic acids is 1. The van der Waals surface area contributed by atoms with Gasteiger partial charge in [0.2, 0.25) is 0 Å². The lowest BCUT2D eigenvalue weighted by atomic mass is 10.3. The molecule has 12 heteroatoms. The number of nitrogens with two attached hydrogens (primary N) is 1. The van der Waals surface area contributed by atoms with E-state index in [2.05, 4.69) is 13.8 Å². The van der Waals surface area contributed by atoms with Crippen molar-refractivity contribution in [2.24, 2.45) is 5.73 Å². The monoisotopic (exact) mass is 357 g/mol. The normalized spacial score (nSPS) is 16.0. The van der Waals surface area contributed by atoms with Crippen LogP contribution in [0.1, 0.15) is 20.3 Å². The summed E-state index contributed by atoms with van der Waals surface area (Å²) in [6.45, 7) is 0.920. The molecule has 0 spiro atoms. The Morgan fingerprint density at radius 2 is 1.74 bits per heavy atom. The highest BCUT2D eigenvalue weighted by Crippen LogP contribution is 2.43. The van der Waals surface area contributed by atoms with Crippen LogP contribution < -0.4 is 5.73 Å². The molecule has 0 amide bonds. The van der Waals surface area contributed by atoms with Gasteiger partial charge in [-0.05, 0) is 0 Å². The number of ether oxygens (including phenoxy) is 2. The smallest absolute Gasteiger partial charge is 0.472 e. The first-order chi connectivity index (χ1) is 10.6. The third kappa shape index (κ3) is 10.8. The minimum absolute atomic E-state index is 0.0390. The van der Waals surface area contributed by atoms with Gasteiger partial charge in [-0.25, -0.2) is 4.57 Å². The van der Waals surface area contributed by atoms with E-state index in [9.17, 15) is 23.8 Å². The van der Waals surface area contributed by atoms with Crippen LogP contribution in [0.25, 0.3) is 0 Å². The number of aliphatic carboxylic acids is 1. The highest BCUT2D eigenvalue weighted by molar-refractivity contribution is 7.47. The molecule has 0 radical (unpaired) electrons. The zero-order valence-corrected chi connectivity index (χ0v) is 13.6. The Kier molecular flexibility index (Phi) is 9.61. The number of carboxylic acid groups (broad SMARTS) is 1. The van der Waals surface area contributed by atoms with Gasteiger partial charge in [0.1, 0.15) is 12.6 Å². The van der Waals surface area contributed by atoms with Crippen LogP contribution >= 0.6 is 7.82 Å². The summed E-state index contributed by atoms with van der Waals surface area (Å²) < 4.78 is 30.0. The molecule has 3 unspecified atom stereocenters. The Balaban J connectivity index is 4.49. The quantitative estimate of drug-likeness (QED) is 0.319. The zero-order chi connectivity index (χ0) is 18.0. The molecule has 4 N–H and O–H groups in total. The van der Waals surface area contributed by atoms with E-state index in [0.717, 1.165) is 6.92 Å². The predicted molar refractivity (Wildman–Crippen MR) is 74.1 cm³/mol. The molecular formula is C11H20NO10P. The molecule has 3 atom stereocenters. The van der Waals surface area contributed by atoms with Gasteiger partial charge < -0.3 is 25.2 Å². The number of hydrogen-bond acceptors (Lipinski definition) is 9. The van der Waals surface area contributed by atoms with Crippen LogP contribution in [0, 0.1) is 0 Å². The molecule has 0 aromatic rings. The van der Waals surface area contributed by atoms with E-state index in [1.165, 1.54) is 6.92 Å². The van der Waals surface area contributed by atoms with E-state index in [0.29, 0.717) is 0 Å². The second kappa shape index (κ2) is 10.3. The first kappa shape index (κ1) is 21.5. The number of rotatable bonds is 11. The Morgan fingerprint density at radius 1 is 1.17 bits per heavy atom. The second-order valence-corrected chi connectivity index (χ2v) is 5.73. The van der Waals surface area contributed by atoms with Gasteiger partial charge in [0, 0.05) is 13.3 Å². The molecule has 0 heterocycles. The highest BCUT2D eigenvalue weighted by Gasteiger charge is 2.27. The fourth-order valence-corrected chi connectivity index (χ4v) is 1.83. The van der Waals surface area contributed by atoms with Gasteiger partial charge in [0.05, 0.1) is 13.2 Å². The minimum Gasteiger partial charge on any atom is -0.480 e. The van der Waals surface area contributed by atoms with E-state index in [4.69, 9.17) is 15.6 Å². The van der Waals surface area contributed by atoms with Gasteiger partial charge in [-0.15, -0.1) is 0 Å². The van der Waals surface area contributed by atoms with Crippen molar-refractivity contribution in [3.8, 4) is 0 Å². The third-order valence-electron chi connectivity index (χ3n) is 2.22. The van der Waals surface area contributed by atoms with Crippen molar-refractivity contribution in [3.05, 3.63) is 0 Å². The van der Waals surface area contributed by atoms with Crippen LogP contribution in [-0.4, -0.2) is 59.9 Å². The molecular weight excluding hydrogens is 337 g/mol. The topological polar surface area (TPSA) is 172 Å². The fraction of sp³-hybridized carbons (Fsp3) is 0.727. The lowest BCUT2D eigenvalue weighted by molar-refractivity contribution is -0.159. The van der Waals surface area contributed by atoms with Gasteiger partial charge in [-0.2, -0.15) is 0 Å². The van der Waals surface area contributed by atoms with Crippen molar-refractivity contribution in [2.75, 3.05) is 19.8 Å². The molecule has 23 heavy (non-hydrogen) atoms. The standard InChI is InChI=1S/C11H20NO10P/c1-3-10(14)22-8(4-19-7(2)13)5-20-23(17,18)21-6-9(12)11(15)16/h8-9H,3-6,12H2,1-2H3,(H,15,16)(H,17,18). The maximum absolute atomic E-state index is 11.6. The minimum atomic E-state index is -4.61. The number of carbonyl (C=O) groups excluding carboxylic acids is 2. The molecule has 0 aliphatic carbocycles. The summed E-state index contributed by atoms with van der Waals surface area (Å²) in [5.74, 6) is -2.69. The molecule has 0 saturated carbocycles. The fourth-order valence-electron chi connectivity index (χ4n) is 1.06. The third-order valence-corrected chi connectivity index (χ3v) is 3.17. The van der Waals surface area contributed by atoms with Gasteiger partial charge in [-0.1, -0.05) is 6.92 Å². The summed E-state index contributed by atoms with van der Waals surface area (Å²) >= 11 is 0. The number of hydrogen-bond donors (Lipinski definition) is 3. The molecule has 0 rings (SSSR count). The van der Waals surface area contributed by atoms with Gasteiger partial charge >= 0.3 is 25.7 Å². The molecule has 134 valence electrons. The van der Waals surface area contributed by atoms with Crippen molar-refractivity contribution in [2.45, 2.75) is 32.4 Å². The van der Waals surface area contributed by atoms with Gasteiger partial charge in [-0.3, -0.25) is 23.4 Å². The second-order valence-electron chi connectivity index (χ2n) is 4.27. The van der Waals surface area contributed by atoms with E-state index in [-0.39, 0.29) is 13.0 Å². The Hall–Kier alpha value is -1.52. The van der Waals surface area contributed by atoms with Crippen LogP contribution in [0.15, 0.2) is 0 Å². The largest absolute Gasteiger partial charge is 0.480 e. The van der Waals surface area contributed by atoms with Crippen LogP contribution in [-0.2, 0) is 37.5 Å². The van der Waals surface area contributed by atoms with Crippen molar-refractivity contribution < 1.29 is 47.5 Å². The molecule has 0 aromatic carbocycles. The number of phosphoric ester groups is 1. The lowest BCUT2D eigenvalue weighted by Gasteiger charge is -2.19. The number of carbonyl (C=O) groups is 3. The average Bonchev–Trinajstić information content (AvgIpc) is 2.47. The summed E-state index contributed by atoms with van der Waals surface area (Å²) in [7, 11) is -4.61. The summed E-state index contributed by atoms with van der Waals surface area (Å²) in [6.07, 6.45) is -1.08. The maximum Gasteiger partial charge on any atom is 0.472 e.